The average molecular weight is 374 g/mol. The van der Waals surface area contributed by atoms with Crippen molar-refractivity contribution in [3.05, 3.63) is 69.2 Å². The maximum absolute atomic E-state index is 13.4. The molecule has 4 nitrogen and oxygen atoms in total. The Bertz CT molecular complexity index is 784. The van der Waals surface area contributed by atoms with Gasteiger partial charge in [0.05, 0.1) is 10.6 Å². The van der Waals surface area contributed by atoms with E-state index in [0.717, 1.165) is 6.07 Å². The zero-order valence-electron chi connectivity index (χ0n) is 12.1. The van der Waals surface area contributed by atoms with Crippen molar-refractivity contribution in [3.8, 4) is 0 Å². The van der Waals surface area contributed by atoms with E-state index in [9.17, 15) is 18.4 Å². The Balaban J connectivity index is 1.85. The number of hydrogen-bond donors (Lipinski definition) is 1. The van der Waals surface area contributed by atoms with Crippen molar-refractivity contribution in [2.45, 2.75) is 6.54 Å². The summed E-state index contributed by atoms with van der Waals surface area (Å²) in [7, 11) is 0. The molecular weight excluding hydrogens is 363 g/mol. The first kappa shape index (κ1) is 18.2. The van der Waals surface area contributed by atoms with Crippen LogP contribution < -0.4 is 5.32 Å². The van der Waals surface area contributed by atoms with Crippen molar-refractivity contribution >= 4 is 35.1 Å². The summed E-state index contributed by atoms with van der Waals surface area (Å²) in [6.45, 7) is -0.731. The number of carbonyl (C=O) groups excluding carboxylic acids is 2. The summed E-state index contributed by atoms with van der Waals surface area (Å²) in [5.41, 5.74) is 0.176. The predicted octanol–water partition coefficient (Wildman–Crippen LogP) is 3.74. The lowest BCUT2D eigenvalue weighted by atomic mass is 10.2. The van der Waals surface area contributed by atoms with Gasteiger partial charge in [-0.15, -0.1) is 0 Å². The molecular formula is C16H11Cl2F2NO3. The van der Waals surface area contributed by atoms with Crippen molar-refractivity contribution in [1.29, 1.82) is 0 Å². The van der Waals surface area contributed by atoms with E-state index < -0.39 is 30.1 Å². The first-order valence-corrected chi connectivity index (χ1v) is 7.45. The van der Waals surface area contributed by atoms with Crippen molar-refractivity contribution in [1.82, 2.24) is 5.32 Å². The molecule has 0 atom stereocenters. The molecule has 0 aliphatic carbocycles. The van der Waals surface area contributed by atoms with Gasteiger partial charge < -0.3 is 10.1 Å². The van der Waals surface area contributed by atoms with Gasteiger partial charge >= 0.3 is 5.97 Å². The quantitative estimate of drug-likeness (QED) is 0.812. The lowest BCUT2D eigenvalue weighted by Crippen LogP contribution is -2.28. The summed E-state index contributed by atoms with van der Waals surface area (Å²) >= 11 is 11.6. The van der Waals surface area contributed by atoms with Crippen molar-refractivity contribution in [2.75, 3.05) is 6.61 Å². The summed E-state index contributed by atoms with van der Waals surface area (Å²) < 4.78 is 31.0. The molecule has 0 saturated carbocycles. The molecule has 24 heavy (non-hydrogen) atoms. The fraction of sp³-hybridized carbons (Fsp3) is 0.125. The van der Waals surface area contributed by atoms with E-state index in [0.29, 0.717) is 11.1 Å². The van der Waals surface area contributed by atoms with Gasteiger partial charge in [0.2, 0.25) is 0 Å². The molecule has 0 bridgehead atoms. The van der Waals surface area contributed by atoms with Crippen molar-refractivity contribution in [3.63, 3.8) is 0 Å². The van der Waals surface area contributed by atoms with Crippen LogP contribution >= 0.6 is 23.2 Å². The van der Waals surface area contributed by atoms with Gasteiger partial charge in [0, 0.05) is 23.2 Å². The van der Waals surface area contributed by atoms with Crippen LogP contribution in [0.2, 0.25) is 10.0 Å². The van der Waals surface area contributed by atoms with Crippen LogP contribution in [0, 0.1) is 11.6 Å². The van der Waals surface area contributed by atoms with E-state index >= 15 is 0 Å². The molecule has 0 aliphatic rings. The summed E-state index contributed by atoms with van der Waals surface area (Å²) in [6, 6.07) is 7.21. The van der Waals surface area contributed by atoms with E-state index in [2.05, 4.69) is 5.32 Å². The van der Waals surface area contributed by atoms with E-state index in [1.54, 1.807) is 0 Å². The topological polar surface area (TPSA) is 55.4 Å². The SMILES string of the molecule is O=C(COC(=O)c1ccc(Cl)cc1Cl)NCc1ccc(F)cc1F. The highest BCUT2D eigenvalue weighted by Crippen LogP contribution is 2.21. The Morgan fingerprint density at radius 3 is 2.50 bits per heavy atom. The molecule has 1 N–H and O–H groups in total. The Hall–Kier alpha value is -2.18. The zero-order chi connectivity index (χ0) is 17.7. The number of hydrogen-bond acceptors (Lipinski definition) is 3. The molecule has 0 radical (unpaired) electrons. The highest BCUT2D eigenvalue weighted by atomic mass is 35.5. The van der Waals surface area contributed by atoms with Gasteiger partial charge in [-0.2, -0.15) is 0 Å². The Labute approximate surface area is 146 Å². The van der Waals surface area contributed by atoms with Crippen LogP contribution in [0.5, 0.6) is 0 Å². The van der Waals surface area contributed by atoms with E-state index in [1.165, 1.54) is 24.3 Å². The van der Waals surface area contributed by atoms with Crippen LogP contribution in [0.1, 0.15) is 15.9 Å². The second-order valence-electron chi connectivity index (χ2n) is 4.71. The molecule has 0 heterocycles. The second kappa shape index (κ2) is 8.08. The molecule has 0 aliphatic heterocycles. The zero-order valence-corrected chi connectivity index (χ0v) is 13.6. The molecule has 0 fully saturated rings. The third kappa shape index (κ3) is 4.91. The van der Waals surface area contributed by atoms with Crippen LogP contribution in [0.15, 0.2) is 36.4 Å². The lowest BCUT2D eigenvalue weighted by molar-refractivity contribution is -0.124. The third-order valence-corrected chi connectivity index (χ3v) is 3.52. The standard InChI is InChI=1S/C16H11Cl2F2NO3/c17-10-2-4-12(13(18)5-10)16(23)24-8-15(22)21-7-9-1-3-11(19)6-14(9)20/h1-6H,7-8H2,(H,21,22). The highest BCUT2D eigenvalue weighted by molar-refractivity contribution is 6.36. The molecule has 2 rings (SSSR count). The van der Waals surface area contributed by atoms with Gasteiger partial charge in [0.15, 0.2) is 6.61 Å². The lowest BCUT2D eigenvalue weighted by Gasteiger charge is -2.08. The molecule has 1 amide bonds. The molecule has 0 aromatic heterocycles. The fourth-order valence-corrected chi connectivity index (χ4v) is 2.26. The largest absolute Gasteiger partial charge is 0.452 e. The highest BCUT2D eigenvalue weighted by Gasteiger charge is 2.14. The van der Waals surface area contributed by atoms with Crippen LogP contribution in [0.3, 0.4) is 0 Å². The maximum atomic E-state index is 13.4. The van der Waals surface area contributed by atoms with Gasteiger partial charge in [-0.25, -0.2) is 13.6 Å². The molecule has 0 spiro atoms. The van der Waals surface area contributed by atoms with Crippen LogP contribution in [0.25, 0.3) is 0 Å². The maximum Gasteiger partial charge on any atom is 0.340 e. The van der Waals surface area contributed by atoms with E-state index in [4.69, 9.17) is 27.9 Å². The van der Waals surface area contributed by atoms with Gasteiger partial charge in [0.1, 0.15) is 11.6 Å². The monoisotopic (exact) mass is 373 g/mol. The average Bonchev–Trinajstić information content (AvgIpc) is 2.51. The van der Waals surface area contributed by atoms with Crippen molar-refractivity contribution < 1.29 is 23.1 Å². The second-order valence-corrected chi connectivity index (χ2v) is 5.56. The number of carbonyl (C=O) groups is 2. The van der Waals surface area contributed by atoms with Gasteiger partial charge in [0.25, 0.3) is 5.91 Å². The van der Waals surface area contributed by atoms with Crippen LogP contribution in [0.4, 0.5) is 8.78 Å². The summed E-state index contributed by atoms with van der Waals surface area (Å²) in [5.74, 6) is -2.92. The fourth-order valence-electron chi connectivity index (χ4n) is 1.77. The normalized spacial score (nSPS) is 10.3. The molecule has 0 unspecified atom stereocenters. The smallest absolute Gasteiger partial charge is 0.340 e. The number of esters is 1. The minimum Gasteiger partial charge on any atom is -0.452 e. The first-order valence-electron chi connectivity index (χ1n) is 6.69. The number of nitrogens with one attached hydrogen (secondary N) is 1. The number of amides is 1. The first-order chi connectivity index (χ1) is 11.4. The summed E-state index contributed by atoms with van der Waals surface area (Å²) in [5, 5.41) is 2.81. The minimum atomic E-state index is -0.792. The van der Waals surface area contributed by atoms with Crippen LogP contribution in [-0.4, -0.2) is 18.5 Å². The number of rotatable bonds is 5. The van der Waals surface area contributed by atoms with E-state index in [1.807, 2.05) is 0 Å². The number of halogens is 4. The molecule has 8 heteroatoms. The van der Waals surface area contributed by atoms with E-state index in [-0.39, 0.29) is 22.7 Å². The summed E-state index contributed by atoms with van der Waals surface area (Å²) in [6.07, 6.45) is 0. The van der Waals surface area contributed by atoms with Gasteiger partial charge in [-0.3, -0.25) is 4.79 Å². The number of benzene rings is 2. The molecule has 2 aromatic rings. The molecule has 126 valence electrons. The molecule has 2 aromatic carbocycles. The molecule has 0 saturated heterocycles. The van der Waals surface area contributed by atoms with Gasteiger partial charge in [-0.05, 0) is 24.3 Å². The minimum absolute atomic E-state index is 0.0680. The summed E-state index contributed by atoms with van der Waals surface area (Å²) in [4.78, 5) is 23.4. The Kier molecular flexibility index (Phi) is 6.11. The third-order valence-electron chi connectivity index (χ3n) is 2.98. The van der Waals surface area contributed by atoms with Crippen LogP contribution in [-0.2, 0) is 16.1 Å². The van der Waals surface area contributed by atoms with Crippen molar-refractivity contribution in [2.24, 2.45) is 0 Å². The number of ether oxygens (including phenoxy) is 1. The van der Waals surface area contributed by atoms with Gasteiger partial charge in [-0.1, -0.05) is 29.3 Å². The Morgan fingerprint density at radius 2 is 1.83 bits per heavy atom. The predicted molar refractivity (Wildman–Crippen MR) is 84.9 cm³/mol. The Morgan fingerprint density at radius 1 is 1.08 bits per heavy atom.